The molecule has 0 aromatic rings. The molecule has 0 aromatic carbocycles. The van der Waals surface area contributed by atoms with Crippen LogP contribution in [0.2, 0.25) is 0 Å². The molecule has 1 aliphatic carbocycles. The Labute approximate surface area is 106 Å². The van der Waals surface area contributed by atoms with Gasteiger partial charge in [-0.2, -0.15) is 0 Å². The molecule has 0 aromatic heterocycles. The first-order valence-electron chi connectivity index (χ1n) is 6.05. The summed E-state index contributed by atoms with van der Waals surface area (Å²) in [5.41, 5.74) is 0.778. The lowest BCUT2D eigenvalue weighted by molar-refractivity contribution is -0.155. The number of piperazine rings is 1. The largest absolute Gasteiger partial charge is 0.345 e. The Bertz CT molecular complexity index is 348. The summed E-state index contributed by atoms with van der Waals surface area (Å²) in [4.78, 5) is 25.8. The SMILES string of the molecule is O=C1CNC(=O)C2(CCCCC2)N1C/C=C/Cl. The molecule has 2 rings (SSSR count). The lowest BCUT2D eigenvalue weighted by Crippen LogP contribution is -2.67. The first kappa shape index (κ1) is 12.4. The van der Waals surface area contributed by atoms with Gasteiger partial charge in [-0.25, -0.2) is 0 Å². The van der Waals surface area contributed by atoms with E-state index in [0.29, 0.717) is 6.54 Å². The molecular formula is C12H17ClN2O2. The van der Waals surface area contributed by atoms with Gasteiger partial charge in [0.15, 0.2) is 0 Å². The maximum absolute atomic E-state index is 12.1. The van der Waals surface area contributed by atoms with Gasteiger partial charge < -0.3 is 10.2 Å². The molecule has 0 radical (unpaired) electrons. The third-order valence-electron chi connectivity index (χ3n) is 3.70. The smallest absolute Gasteiger partial charge is 0.246 e. The molecule has 94 valence electrons. The van der Waals surface area contributed by atoms with Gasteiger partial charge in [0.1, 0.15) is 5.54 Å². The maximum atomic E-state index is 12.1. The number of halogens is 1. The van der Waals surface area contributed by atoms with Crippen molar-refractivity contribution in [2.45, 2.75) is 37.6 Å². The molecular weight excluding hydrogens is 240 g/mol. The Morgan fingerprint density at radius 3 is 2.65 bits per heavy atom. The monoisotopic (exact) mass is 256 g/mol. The summed E-state index contributed by atoms with van der Waals surface area (Å²) < 4.78 is 0. The van der Waals surface area contributed by atoms with Gasteiger partial charge in [0, 0.05) is 12.1 Å². The van der Waals surface area contributed by atoms with Crippen molar-refractivity contribution in [3.63, 3.8) is 0 Å². The average Bonchev–Trinajstić information content (AvgIpc) is 2.36. The van der Waals surface area contributed by atoms with E-state index in [9.17, 15) is 9.59 Å². The summed E-state index contributed by atoms with van der Waals surface area (Å²) in [6.07, 6.45) is 6.39. The highest BCUT2D eigenvalue weighted by Gasteiger charge is 2.48. The molecule has 1 aliphatic heterocycles. The number of carbonyl (C=O) groups excluding carboxylic acids is 2. The number of nitrogens with one attached hydrogen (secondary N) is 1. The molecule has 1 heterocycles. The average molecular weight is 257 g/mol. The Morgan fingerprint density at radius 2 is 2.00 bits per heavy atom. The number of hydrogen-bond donors (Lipinski definition) is 1. The molecule has 1 saturated carbocycles. The summed E-state index contributed by atoms with van der Waals surface area (Å²) in [5.74, 6) is -0.0129. The topological polar surface area (TPSA) is 49.4 Å². The van der Waals surface area contributed by atoms with E-state index < -0.39 is 5.54 Å². The third kappa shape index (κ3) is 2.18. The second-order valence-electron chi connectivity index (χ2n) is 4.64. The molecule has 0 bridgehead atoms. The number of nitrogens with zero attached hydrogens (tertiary/aromatic N) is 1. The van der Waals surface area contributed by atoms with Crippen molar-refractivity contribution in [2.24, 2.45) is 0 Å². The lowest BCUT2D eigenvalue weighted by Gasteiger charge is -2.47. The number of rotatable bonds is 2. The van der Waals surface area contributed by atoms with Crippen LogP contribution in [0.15, 0.2) is 11.6 Å². The van der Waals surface area contributed by atoms with Crippen molar-refractivity contribution < 1.29 is 9.59 Å². The maximum Gasteiger partial charge on any atom is 0.246 e. The molecule has 2 aliphatic rings. The van der Waals surface area contributed by atoms with Crippen molar-refractivity contribution in [2.75, 3.05) is 13.1 Å². The van der Waals surface area contributed by atoms with Crippen LogP contribution in [0.5, 0.6) is 0 Å². The van der Waals surface area contributed by atoms with E-state index in [1.807, 2.05) is 0 Å². The minimum Gasteiger partial charge on any atom is -0.345 e. The molecule has 1 spiro atoms. The van der Waals surface area contributed by atoms with Crippen LogP contribution < -0.4 is 5.32 Å². The highest BCUT2D eigenvalue weighted by Crippen LogP contribution is 2.35. The predicted molar refractivity (Wildman–Crippen MR) is 65.5 cm³/mol. The van der Waals surface area contributed by atoms with Gasteiger partial charge in [-0.05, 0) is 12.8 Å². The molecule has 0 unspecified atom stereocenters. The summed E-state index contributed by atoms with van der Waals surface area (Å²) in [6, 6.07) is 0. The van der Waals surface area contributed by atoms with Gasteiger partial charge in [0.05, 0.1) is 6.54 Å². The van der Waals surface area contributed by atoms with Crippen LogP contribution in [0.3, 0.4) is 0 Å². The minimum absolute atomic E-state index is 0.000211. The van der Waals surface area contributed by atoms with Gasteiger partial charge in [0.2, 0.25) is 11.8 Å². The van der Waals surface area contributed by atoms with Gasteiger partial charge in [-0.15, -0.1) is 0 Å². The van der Waals surface area contributed by atoms with Crippen LogP contribution in [-0.2, 0) is 9.59 Å². The molecule has 1 N–H and O–H groups in total. The molecule has 4 nitrogen and oxygen atoms in total. The zero-order chi connectivity index (χ0) is 12.3. The first-order chi connectivity index (χ1) is 8.20. The standard InChI is InChI=1S/C12H17ClN2O2/c13-7-4-8-15-10(16)9-14-11(17)12(15)5-2-1-3-6-12/h4,7H,1-3,5-6,8-9H2,(H,14,17)/b7-4+. The van der Waals surface area contributed by atoms with E-state index in [1.54, 1.807) is 11.0 Å². The van der Waals surface area contributed by atoms with Crippen molar-refractivity contribution in [3.05, 3.63) is 11.6 Å². The van der Waals surface area contributed by atoms with Crippen molar-refractivity contribution in [3.8, 4) is 0 Å². The molecule has 5 heteroatoms. The van der Waals surface area contributed by atoms with Crippen LogP contribution in [0, 0.1) is 0 Å². The molecule has 17 heavy (non-hydrogen) atoms. The van der Waals surface area contributed by atoms with Crippen LogP contribution in [-0.4, -0.2) is 35.3 Å². The third-order valence-corrected chi connectivity index (χ3v) is 3.88. The van der Waals surface area contributed by atoms with Crippen LogP contribution in [0.25, 0.3) is 0 Å². The van der Waals surface area contributed by atoms with E-state index in [4.69, 9.17) is 11.6 Å². The van der Waals surface area contributed by atoms with Gasteiger partial charge in [-0.1, -0.05) is 36.9 Å². The first-order valence-corrected chi connectivity index (χ1v) is 6.48. The van der Waals surface area contributed by atoms with Crippen molar-refractivity contribution >= 4 is 23.4 Å². The minimum atomic E-state index is -0.621. The lowest BCUT2D eigenvalue weighted by atomic mass is 9.78. The molecule has 2 amide bonds. The summed E-state index contributed by atoms with van der Waals surface area (Å²) in [7, 11) is 0. The highest BCUT2D eigenvalue weighted by molar-refractivity contribution is 6.25. The zero-order valence-corrected chi connectivity index (χ0v) is 10.5. The Morgan fingerprint density at radius 1 is 1.29 bits per heavy atom. The second kappa shape index (κ2) is 5.08. The van der Waals surface area contributed by atoms with Crippen LogP contribution >= 0.6 is 11.6 Å². The van der Waals surface area contributed by atoms with Gasteiger partial charge in [0.25, 0.3) is 0 Å². The van der Waals surface area contributed by atoms with E-state index in [2.05, 4.69) is 5.32 Å². The summed E-state index contributed by atoms with van der Waals surface area (Å²) >= 11 is 5.51. The zero-order valence-electron chi connectivity index (χ0n) is 9.75. The van der Waals surface area contributed by atoms with E-state index in [0.717, 1.165) is 32.1 Å². The molecule has 1 saturated heterocycles. The van der Waals surface area contributed by atoms with Gasteiger partial charge in [-0.3, -0.25) is 9.59 Å². The number of amides is 2. The number of hydrogen-bond acceptors (Lipinski definition) is 2. The summed E-state index contributed by atoms with van der Waals surface area (Å²) in [5, 5.41) is 2.71. The molecule has 2 fully saturated rings. The van der Waals surface area contributed by atoms with Crippen LogP contribution in [0.4, 0.5) is 0 Å². The Kier molecular flexibility index (Phi) is 3.72. The van der Waals surface area contributed by atoms with Crippen LogP contribution in [0.1, 0.15) is 32.1 Å². The second-order valence-corrected chi connectivity index (χ2v) is 4.89. The van der Waals surface area contributed by atoms with E-state index in [1.165, 1.54) is 5.54 Å². The summed E-state index contributed by atoms with van der Waals surface area (Å²) in [6.45, 7) is 0.534. The van der Waals surface area contributed by atoms with Gasteiger partial charge >= 0.3 is 0 Å². The van der Waals surface area contributed by atoms with E-state index >= 15 is 0 Å². The van der Waals surface area contributed by atoms with Crippen molar-refractivity contribution in [1.82, 2.24) is 10.2 Å². The highest BCUT2D eigenvalue weighted by atomic mass is 35.5. The normalized spacial score (nSPS) is 24.4. The van der Waals surface area contributed by atoms with E-state index in [-0.39, 0.29) is 18.4 Å². The fourth-order valence-corrected chi connectivity index (χ4v) is 2.91. The Balaban J connectivity index is 2.26. The fraction of sp³-hybridized carbons (Fsp3) is 0.667. The van der Waals surface area contributed by atoms with Crippen molar-refractivity contribution in [1.29, 1.82) is 0 Å². The molecule has 0 atom stereocenters. The fourth-order valence-electron chi connectivity index (χ4n) is 2.83. The Hall–Kier alpha value is -1.03. The quantitative estimate of drug-likeness (QED) is 0.812. The predicted octanol–water partition coefficient (Wildman–Crippen LogP) is 1.40. The number of carbonyl (C=O) groups is 2.